The highest BCUT2D eigenvalue weighted by Gasteiger charge is 2.42. The van der Waals surface area contributed by atoms with Gasteiger partial charge in [-0.15, -0.1) is 0 Å². The number of rotatable bonds is 1. The van der Waals surface area contributed by atoms with Gasteiger partial charge in [0.2, 0.25) is 0 Å². The maximum Gasteiger partial charge on any atom is 0.490 e. The Morgan fingerprint density at radius 2 is 1.60 bits per heavy atom. The van der Waals surface area contributed by atoms with Crippen molar-refractivity contribution >= 4 is 12.1 Å². The minimum atomic E-state index is -4.98. The first-order valence-electron chi connectivity index (χ1n) is 6.25. The lowest BCUT2D eigenvalue weighted by Gasteiger charge is -2.33. The monoisotopic (exact) mass is 297 g/mol. The second kappa shape index (κ2) is 5.88. The molecule has 0 atom stereocenters. The van der Waals surface area contributed by atoms with Gasteiger partial charge in [0.05, 0.1) is 0 Å². The predicted octanol–water partition coefficient (Wildman–Crippen LogP) is 2.49. The molecule has 1 saturated heterocycles. The number of piperidine rings is 1. The van der Waals surface area contributed by atoms with Gasteiger partial charge in [-0.2, -0.15) is 13.2 Å². The van der Waals surface area contributed by atoms with Gasteiger partial charge < -0.3 is 14.4 Å². The molecule has 0 aromatic carbocycles. The standard InChI is InChI=1S/C12H18F3NO4/c1-11(2,3)20-10(18)16-6-4-8(5-7-16)19-9(17)12(13,14)15/h8H,4-7H2,1-3H3. The molecule has 8 heteroatoms. The van der Waals surface area contributed by atoms with Crippen molar-refractivity contribution in [1.29, 1.82) is 0 Å². The van der Waals surface area contributed by atoms with Crippen LogP contribution in [0.2, 0.25) is 0 Å². The number of amides is 1. The summed E-state index contributed by atoms with van der Waals surface area (Å²) in [4.78, 5) is 23.8. The summed E-state index contributed by atoms with van der Waals surface area (Å²) < 4.78 is 45.6. The minimum absolute atomic E-state index is 0.168. The molecule has 0 aliphatic carbocycles. The first-order chi connectivity index (χ1) is 8.99. The van der Waals surface area contributed by atoms with Crippen molar-refractivity contribution < 1.29 is 32.2 Å². The fourth-order valence-corrected chi connectivity index (χ4v) is 1.70. The maximum atomic E-state index is 12.0. The third-order valence-electron chi connectivity index (χ3n) is 2.60. The minimum Gasteiger partial charge on any atom is -0.456 e. The van der Waals surface area contributed by atoms with Crippen molar-refractivity contribution in [3.05, 3.63) is 0 Å². The molecule has 0 spiro atoms. The third kappa shape index (κ3) is 5.26. The Balaban J connectivity index is 2.41. The normalized spacial score (nSPS) is 17.8. The number of halogens is 3. The Bertz CT molecular complexity index is 368. The van der Waals surface area contributed by atoms with Gasteiger partial charge in [-0.3, -0.25) is 0 Å². The largest absolute Gasteiger partial charge is 0.490 e. The molecular formula is C12H18F3NO4. The average molecular weight is 297 g/mol. The zero-order valence-electron chi connectivity index (χ0n) is 11.6. The van der Waals surface area contributed by atoms with Gasteiger partial charge >= 0.3 is 18.2 Å². The van der Waals surface area contributed by atoms with Crippen LogP contribution in [0.5, 0.6) is 0 Å². The van der Waals surface area contributed by atoms with Gasteiger partial charge in [0.15, 0.2) is 0 Å². The van der Waals surface area contributed by atoms with E-state index in [1.807, 2.05) is 0 Å². The smallest absolute Gasteiger partial charge is 0.456 e. The lowest BCUT2D eigenvalue weighted by Crippen LogP contribution is -2.44. The predicted molar refractivity (Wildman–Crippen MR) is 63.0 cm³/mol. The molecule has 0 bridgehead atoms. The molecule has 0 aromatic rings. The van der Waals surface area contributed by atoms with Gasteiger partial charge in [-0.05, 0) is 20.8 Å². The zero-order valence-corrected chi connectivity index (χ0v) is 11.6. The van der Waals surface area contributed by atoms with Crippen LogP contribution in [-0.4, -0.2) is 47.9 Å². The van der Waals surface area contributed by atoms with Crippen molar-refractivity contribution in [2.75, 3.05) is 13.1 Å². The number of ether oxygens (including phenoxy) is 2. The Kier molecular flexibility index (Phi) is 4.88. The fraction of sp³-hybridized carbons (Fsp3) is 0.833. The van der Waals surface area contributed by atoms with Crippen LogP contribution >= 0.6 is 0 Å². The van der Waals surface area contributed by atoms with Crippen LogP contribution in [0.15, 0.2) is 0 Å². The van der Waals surface area contributed by atoms with E-state index < -0.39 is 29.9 Å². The summed E-state index contributed by atoms with van der Waals surface area (Å²) >= 11 is 0. The van der Waals surface area contributed by atoms with Crippen LogP contribution in [0.1, 0.15) is 33.6 Å². The molecule has 1 amide bonds. The van der Waals surface area contributed by atoms with E-state index in [4.69, 9.17) is 4.74 Å². The van der Waals surface area contributed by atoms with E-state index in [-0.39, 0.29) is 25.9 Å². The number of hydrogen-bond donors (Lipinski definition) is 0. The molecule has 0 aromatic heterocycles. The summed E-state index contributed by atoms with van der Waals surface area (Å²) in [5.41, 5.74) is -0.628. The van der Waals surface area contributed by atoms with Crippen molar-refractivity contribution in [3.8, 4) is 0 Å². The lowest BCUT2D eigenvalue weighted by molar-refractivity contribution is -0.206. The summed E-state index contributed by atoms with van der Waals surface area (Å²) in [7, 11) is 0. The molecule has 1 aliphatic heterocycles. The molecule has 1 aliphatic rings. The molecule has 0 saturated carbocycles. The van der Waals surface area contributed by atoms with Crippen LogP contribution in [0.25, 0.3) is 0 Å². The number of carbonyl (C=O) groups excluding carboxylic acids is 2. The molecule has 20 heavy (non-hydrogen) atoms. The SMILES string of the molecule is CC(C)(C)OC(=O)N1CCC(OC(=O)C(F)(F)F)CC1. The van der Waals surface area contributed by atoms with Gasteiger partial charge in [0, 0.05) is 25.9 Å². The molecule has 5 nitrogen and oxygen atoms in total. The summed E-state index contributed by atoms with van der Waals surface area (Å²) in [6, 6.07) is 0. The van der Waals surface area contributed by atoms with E-state index in [2.05, 4.69) is 4.74 Å². The number of likely N-dealkylation sites (tertiary alicyclic amines) is 1. The van der Waals surface area contributed by atoms with E-state index >= 15 is 0 Å². The summed E-state index contributed by atoms with van der Waals surface area (Å²) in [5, 5.41) is 0. The third-order valence-corrected chi connectivity index (χ3v) is 2.60. The summed E-state index contributed by atoms with van der Waals surface area (Å²) in [5.74, 6) is -2.19. The van der Waals surface area contributed by atoms with E-state index in [9.17, 15) is 22.8 Å². The summed E-state index contributed by atoms with van der Waals surface area (Å²) in [6.07, 6.45) is -5.98. The van der Waals surface area contributed by atoms with E-state index in [1.165, 1.54) is 4.90 Å². The number of esters is 1. The number of carbonyl (C=O) groups is 2. The number of alkyl halides is 3. The molecule has 0 radical (unpaired) electrons. The maximum absolute atomic E-state index is 12.0. The van der Waals surface area contributed by atoms with Gasteiger partial charge in [-0.1, -0.05) is 0 Å². The van der Waals surface area contributed by atoms with Crippen molar-refractivity contribution in [3.63, 3.8) is 0 Å². The highest BCUT2D eigenvalue weighted by Crippen LogP contribution is 2.22. The van der Waals surface area contributed by atoms with Crippen LogP contribution in [0, 0.1) is 0 Å². The van der Waals surface area contributed by atoms with E-state index in [0.717, 1.165) is 0 Å². The van der Waals surface area contributed by atoms with Crippen LogP contribution in [0.4, 0.5) is 18.0 Å². The molecular weight excluding hydrogens is 279 g/mol. The first-order valence-corrected chi connectivity index (χ1v) is 6.25. The Hall–Kier alpha value is -1.47. The highest BCUT2D eigenvalue weighted by atomic mass is 19.4. The molecule has 0 N–H and O–H groups in total. The quantitative estimate of drug-likeness (QED) is 0.698. The van der Waals surface area contributed by atoms with Gasteiger partial charge in [0.25, 0.3) is 0 Å². The second-order valence-corrected chi connectivity index (χ2v) is 5.57. The van der Waals surface area contributed by atoms with E-state index in [0.29, 0.717) is 0 Å². The molecule has 1 rings (SSSR count). The van der Waals surface area contributed by atoms with Crippen molar-refractivity contribution in [2.45, 2.75) is 51.5 Å². The lowest BCUT2D eigenvalue weighted by atomic mass is 10.1. The molecule has 0 unspecified atom stereocenters. The Morgan fingerprint density at radius 1 is 1.10 bits per heavy atom. The summed E-state index contributed by atoms with van der Waals surface area (Å²) in [6.45, 7) is 5.57. The highest BCUT2D eigenvalue weighted by molar-refractivity contribution is 5.75. The first kappa shape index (κ1) is 16.6. The van der Waals surface area contributed by atoms with Crippen LogP contribution in [-0.2, 0) is 14.3 Å². The topological polar surface area (TPSA) is 55.8 Å². The van der Waals surface area contributed by atoms with Gasteiger partial charge in [-0.25, -0.2) is 9.59 Å². The molecule has 1 fully saturated rings. The Morgan fingerprint density at radius 3 is 2.00 bits per heavy atom. The van der Waals surface area contributed by atoms with Crippen molar-refractivity contribution in [1.82, 2.24) is 4.90 Å². The van der Waals surface area contributed by atoms with Gasteiger partial charge in [0.1, 0.15) is 11.7 Å². The molecule has 1 heterocycles. The average Bonchev–Trinajstić information content (AvgIpc) is 2.26. The van der Waals surface area contributed by atoms with Crippen LogP contribution < -0.4 is 0 Å². The Labute approximate surface area is 115 Å². The number of nitrogens with zero attached hydrogens (tertiary/aromatic N) is 1. The van der Waals surface area contributed by atoms with E-state index in [1.54, 1.807) is 20.8 Å². The van der Waals surface area contributed by atoms with Crippen molar-refractivity contribution in [2.24, 2.45) is 0 Å². The molecule has 116 valence electrons. The zero-order chi connectivity index (χ0) is 15.6. The van der Waals surface area contributed by atoms with Crippen LogP contribution in [0.3, 0.4) is 0 Å². The second-order valence-electron chi connectivity index (χ2n) is 5.57. The fourth-order valence-electron chi connectivity index (χ4n) is 1.70. The number of hydrogen-bond acceptors (Lipinski definition) is 4.